The zero-order valence-electron chi connectivity index (χ0n) is 13.0. The zero-order chi connectivity index (χ0) is 16.8. The van der Waals surface area contributed by atoms with Crippen molar-refractivity contribution in [2.45, 2.75) is 19.9 Å². The molecule has 0 radical (unpaired) electrons. The van der Waals surface area contributed by atoms with E-state index in [9.17, 15) is 9.59 Å². The van der Waals surface area contributed by atoms with E-state index >= 15 is 0 Å². The first kappa shape index (κ1) is 17.0. The number of nitrogens with one attached hydrogen (secondary N) is 1. The van der Waals surface area contributed by atoms with Crippen LogP contribution in [0.4, 0.5) is 0 Å². The van der Waals surface area contributed by atoms with Crippen molar-refractivity contribution in [2.24, 2.45) is 0 Å². The van der Waals surface area contributed by atoms with Gasteiger partial charge in [0.25, 0.3) is 5.91 Å². The normalized spacial score (nSPS) is 11.6. The van der Waals surface area contributed by atoms with E-state index in [4.69, 9.17) is 16.3 Å². The predicted molar refractivity (Wildman–Crippen MR) is 89.5 cm³/mol. The summed E-state index contributed by atoms with van der Waals surface area (Å²) in [6.45, 7) is 3.54. The van der Waals surface area contributed by atoms with Crippen molar-refractivity contribution in [3.05, 3.63) is 70.2 Å². The number of hydrogen-bond donors (Lipinski definition) is 1. The highest BCUT2D eigenvalue weighted by atomic mass is 35.5. The summed E-state index contributed by atoms with van der Waals surface area (Å²) in [6, 6.07) is 14.0. The Morgan fingerprint density at radius 2 is 1.91 bits per heavy atom. The van der Waals surface area contributed by atoms with Gasteiger partial charge in [-0.25, -0.2) is 4.79 Å². The summed E-state index contributed by atoms with van der Waals surface area (Å²) in [4.78, 5) is 23.8. The van der Waals surface area contributed by atoms with E-state index in [2.05, 4.69) is 5.32 Å². The van der Waals surface area contributed by atoms with E-state index < -0.39 is 5.97 Å². The van der Waals surface area contributed by atoms with E-state index in [1.165, 1.54) is 6.07 Å². The molecule has 1 N–H and O–H groups in total. The summed E-state index contributed by atoms with van der Waals surface area (Å²) in [7, 11) is 0. The van der Waals surface area contributed by atoms with Crippen LogP contribution in [-0.4, -0.2) is 18.5 Å². The minimum atomic E-state index is -0.578. The predicted octanol–water partition coefficient (Wildman–Crippen LogP) is 3.68. The van der Waals surface area contributed by atoms with Crippen LogP contribution in [0.1, 0.15) is 34.5 Å². The summed E-state index contributed by atoms with van der Waals surface area (Å²) in [6.07, 6.45) is 0. The van der Waals surface area contributed by atoms with Crippen LogP contribution < -0.4 is 5.32 Å². The highest BCUT2D eigenvalue weighted by Gasteiger charge is 2.14. The maximum absolute atomic E-state index is 11.9. The number of halogens is 1. The summed E-state index contributed by atoms with van der Waals surface area (Å²) < 4.78 is 5.00. The second kappa shape index (κ2) is 7.79. The number of aryl methyl sites for hydroxylation is 1. The largest absolute Gasteiger partial charge is 0.452 e. The van der Waals surface area contributed by atoms with Crippen LogP contribution in [0.2, 0.25) is 5.02 Å². The van der Waals surface area contributed by atoms with E-state index in [-0.39, 0.29) is 18.6 Å². The summed E-state index contributed by atoms with van der Waals surface area (Å²) in [5, 5.41) is 3.25. The van der Waals surface area contributed by atoms with Crippen molar-refractivity contribution in [1.82, 2.24) is 5.32 Å². The lowest BCUT2D eigenvalue weighted by Gasteiger charge is -2.16. The number of ether oxygens (including phenoxy) is 1. The molecule has 0 aliphatic carbocycles. The molecule has 0 aliphatic heterocycles. The third kappa shape index (κ3) is 4.83. The molecule has 1 amide bonds. The van der Waals surface area contributed by atoms with Gasteiger partial charge in [-0.3, -0.25) is 4.79 Å². The Balaban J connectivity index is 1.88. The third-order valence-corrected chi connectivity index (χ3v) is 3.66. The molecule has 0 saturated heterocycles. The lowest BCUT2D eigenvalue weighted by molar-refractivity contribution is -0.124. The zero-order valence-corrected chi connectivity index (χ0v) is 13.8. The molecule has 0 heterocycles. The summed E-state index contributed by atoms with van der Waals surface area (Å²) in [5.41, 5.74) is 2.44. The molecule has 2 rings (SSSR count). The Morgan fingerprint density at radius 3 is 2.61 bits per heavy atom. The first-order chi connectivity index (χ1) is 11.0. The number of rotatable bonds is 5. The Morgan fingerprint density at radius 1 is 1.17 bits per heavy atom. The van der Waals surface area contributed by atoms with Crippen molar-refractivity contribution < 1.29 is 14.3 Å². The van der Waals surface area contributed by atoms with Gasteiger partial charge in [0.2, 0.25) is 0 Å². The Hall–Kier alpha value is -2.33. The van der Waals surface area contributed by atoms with Gasteiger partial charge < -0.3 is 10.1 Å². The van der Waals surface area contributed by atoms with Crippen LogP contribution in [-0.2, 0) is 9.53 Å². The summed E-state index contributed by atoms with van der Waals surface area (Å²) >= 11 is 5.82. The van der Waals surface area contributed by atoms with Gasteiger partial charge in [-0.1, -0.05) is 41.9 Å². The Labute approximate surface area is 140 Å². The molecular weight excluding hydrogens is 314 g/mol. The average Bonchev–Trinajstić information content (AvgIpc) is 2.53. The van der Waals surface area contributed by atoms with Crippen molar-refractivity contribution in [1.29, 1.82) is 0 Å². The monoisotopic (exact) mass is 331 g/mol. The molecule has 0 bridgehead atoms. The lowest BCUT2D eigenvalue weighted by Crippen LogP contribution is -2.31. The van der Waals surface area contributed by atoms with E-state index in [0.29, 0.717) is 10.6 Å². The van der Waals surface area contributed by atoms with Crippen molar-refractivity contribution in [3.8, 4) is 0 Å². The molecule has 23 heavy (non-hydrogen) atoms. The fourth-order valence-corrected chi connectivity index (χ4v) is 2.45. The van der Waals surface area contributed by atoms with Crippen LogP contribution in [0, 0.1) is 6.92 Å². The quantitative estimate of drug-likeness (QED) is 0.850. The molecule has 5 heteroatoms. The molecular formula is C18H18ClNO3. The number of amides is 1. The van der Waals surface area contributed by atoms with Crippen LogP contribution in [0.15, 0.2) is 48.5 Å². The second-order valence-corrected chi connectivity index (χ2v) is 5.67. The number of esters is 1. The maximum Gasteiger partial charge on any atom is 0.338 e. The molecule has 1 atom stereocenters. The minimum Gasteiger partial charge on any atom is -0.452 e. The van der Waals surface area contributed by atoms with Crippen LogP contribution in [0.25, 0.3) is 0 Å². The van der Waals surface area contributed by atoms with E-state index in [1.807, 2.05) is 38.1 Å². The molecule has 0 aliphatic rings. The highest BCUT2D eigenvalue weighted by Crippen LogP contribution is 2.16. The average molecular weight is 332 g/mol. The SMILES string of the molecule is Cc1ccccc1C(C)NC(=O)COC(=O)c1cccc(Cl)c1. The van der Waals surface area contributed by atoms with E-state index in [0.717, 1.165) is 11.1 Å². The molecule has 2 aromatic rings. The van der Waals surface area contributed by atoms with Gasteiger partial charge in [0.1, 0.15) is 0 Å². The molecule has 0 fully saturated rings. The topological polar surface area (TPSA) is 55.4 Å². The van der Waals surface area contributed by atoms with Crippen LogP contribution in [0.3, 0.4) is 0 Å². The molecule has 4 nitrogen and oxygen atoms in total. The van der Waals surface area contributed by atoms with Gasteiger partial charge in [-0.2, -0.15) is 0 Å². The fourth-order valence-electron chi connectivity index (χ4n) is 2.26. The van der Waals surface area contributed by atoms with Crippen molar-refractivity contribution in [3.63, 3.8) is 0 Å². The van der Waals surface area contributed by atoms with Gasteiger partial charge in [0.15, 0.2) is 6.61 Å². The van der Waals surface area contributed by atoms with Crippen molar-refractivity contribution >= 4 is 23.5 Å². The Kier molecular flexibility index (Phi) is 5.77. The Bertz CT molecular complexity index is 715. The van der Waals surface area contributed by atoms with E-state index in [1.54, 1.807) is 18.2 Å². The van der Waals surface area contributed by atoms with Gasteiger partial charge in [-0.15, -0.1) is 0 Å². The molecule has 0 saturated carbocycles. The van der Waals surface area contributed by atoms with Crippen LogP contribution >= 0.6 is 11.6 Å². The second-order valence-electron chi connectivity index (χ2n) is 5.23. The summed E-state index contributed by atoms with van der Waals surface area (Å²) in [5.74, 6) is -0.928. The van der Waals surface area contributed by atoms with Gasteiger partial charge in [0, 0.05) is 5.02 Å². The number of hydrogen-bond acceptors (Lipinski definition) is 3. The standard InChI is InChI=1S/C18H18ClNO3/c1-12-6-3-4-9-16(12)13(2)20-17(21)11-23-18(22)14-7-5-8-15(19)10-14/h3-10,13H,11H2,1-2H3,(H,20,21). The van der Waals surface area contributed by atoms with Crippen molar-refractivity contribution in [2.75, 3.05) is 6.61 Å². The molecule has 0 aromatic heterocycles. The van der Waals surface area contributed by atoms with Crippen LogP contribution in [0.5, 0.6) is 0 Å². The minimum absolute atomic E-state index is 0.159. The molecule has 1 unspecified atom stereocenters. The first-order valence-corrected chi connectivity index (χ1v) is 7.62. The van der Waals surface area contributed by atoms with Gasteiger partial charge in [0.05, 0.1) is 11.6 Å². The molecule has 2 aromatic carbocycles. The molecule has 120 valence electrons. The number of benzene rings is 2. The molecule has 0 spiro atoms. The third-order valence-electron chi connectivity index (χ3n) is 3.43. The lowest BCUT2D eigenvalue weighted by atomic mass is 10.0. The van der Waals surface area contributed by atoms with Gasteiger partial charge >= 0.3 is 5.97 Å². The number of carbonyl (C=O) groups is 2. The number of carbonyl (C=O) groups excluding carboxylic acids is 2. The van der Waals surface area contributed by atoms with Gasteiger partial charge in [-0.05, 0) is 43.2 Å². The highest BCUT2D eigenvalue weighted by molar-refractivity contribution is 6.30. The smallest absolute Gasteiger partial charge is 0.338 e. The maximum atomic E-state index is 11.9. The fraction of sp³-hybridized carbons (Fsp3) is 0.222. The first-order valence-electron chi connectivity index (χ1n) is 7.25.